The van der Waals surface area contributed by atoms with Crippen molar-refractivity contribution in [3.8, 4) is 0 Å². The van der Waals surface area contributed by atoms with Crippen LogP contribution in [0.2, 0.25) is 0 Å². The molecule has 0 aliphatic rings. The van der Waals surface area contributed by atoms with Crippen molar-refractivity contribution in [1.29, 1.82) is 0 Å². The molecule has 0 amide bonds. The van der Waals surface area contributed by atoms with Crippen LogP contribution < -0.4 is 0 Å². The van der Waals surface area contributed by atoms with Gasteiger partial charge in [0.05, 0.1) is 0 Å². The van der Waals surface area contributed by atoms with E-state index < -0.39 is 6.61 Å². The molecular formula is C8H10F2O. The van der Waals surface area contributed by atoms with Crippen molar-refractivity contribution < 1.29 is 13.5 Å². The van der Waals surface area contributed by atoms with Crippen LogP contribution in [0.25, 0.3) is 0 Å². The zero-order valence-corrected chi connectivity index (χ0v) is 6.31. The normalized spacial score (nSPS) is 11.5. The third-order valence-electron chi connectivity index (χ3n) is 0.815. The molecule has 3 heteroatoms. The molecule has 0 heterocycles. The molecule has 1 nitrogen and oxygen atoms in total. The third-order valence-corrected chi connectivity index (χ3v) is 0.815. The van der Waals surface area contributed by atoms with Crippen molar-refractivity contribution in [2.24, 2.45) is 0 Å². The van der Waals surface area contributed by atoms with E-state index in [1.807, 2.05) is 0 Å². The molecule has 0 rings (SSSR count). The van der Waals surface area contributed by atoms with Crippen molar-refractivity contribution in [1.82, 2.24) is 0 Å². The third kappa shape index (κ3) is 5.33. The van der Waals surface area contributed by atoms with Gasteiger partial charge in [-0.3, -0.25) is 0 Å². The van der Waals surface area contributed by atoms with Crippen molar-refractivity contribution in [2.75, 3.05) is 0 Å². The molecule has 0 radical (unpaired) electrons. The Kier molecular flexibility index (Phi) is 4.18. The minimum Gasteiger partial charge on any atom is -0.435 e. The number of hydrogen-bond acceptors (Lipinski definition) is 1. The van der Waals surface area contributed by atoms with Crippen LogP contribution in [0.5, 0.6) is 0 Å². The van der Waals surface area contributed by atoms with E-state index in [1.165, 1.54) is 12.2 Å². The zero-order chi connectivity index (χ0) is 8.85. The van der Waals surface area contributed by atoms with Crippen LogP contribution in [0, 0.1) is 0 Å². The summed E-state index contributed by atoms with van der Waals surface area (Å²) in [5, 5.41) is 0. The minimum atomic E-state index is -2.81. The smallest absolute Gasteiger partial charge is 0.387 e. The van der Waals surface area contributed by atoms with Crippen molar-refractivity contribution in [2.45, 2.75) is 13.5 Å². The number of alkyl halides is 2. The maximum absolute atomic E-state index is 11.6. The predicted octanol–water partition coefficient (Wildman–Crippen LogP) is 2.87. The molecule has 0 fully saturated rings. The molecule has 0 N–H and O–H groups in total. The van der Waals surface area contributed by atoms with Gasteiger partial charge >= 0.3 is 6.61 Å². The number of halogens is 2. The number of rotatable bonds is 4. The fourth-order valence-electron chi connectivity index (χ4n) is 0.487. The Balaban J connectivity index is 4.16. The summed E-state index contributed by atoms with van der Waals surface area (Å²) in [6.07, 6.45) is 2.60. The van der Waals surface area contributed by atoms with Crippen molar-refractivity contribution in [3.63, 3.8) is 0 Å². The van der Waals surface area contributed by atoms with Gasteiger partial charge in [0, 0.05) is 0 Å². The largest absolute Gasteiger partial charge is 0.435 e. The molecule has 0 bridgehead atoms. The van der Waals surface area contributed by atoms with E-state index in [-0.39, 0.29) is 5.76 Å². The lowest BCUT2D eigenvalue weighted by Gasteiger charge is -2.03. The fourth-order valence-corrected chi connectivity index (χ4v) is 0.487. The quantitative estimate of drug-likeness (QED) is 0.454. The molecule has 62 valence electrons. The number of ether oxygens (including phenoxy) is 1. The highest BCUT2D eigenvalue weighted by molar-refractivity contribution is 5.21. The molecule has 0 saturated heterocycles. The maximum atomic E-state index is 11.6. The molecule has 11 heavy (non-hydrogen) atoms. The highest BCUT2D eigenvalue weighted by atomic mass is 19.3. The van der Waals surface area contributed by atoms with Crippen molar-refractivity contribution in [3.05, 3.63) is 36.6 Å². The summed E-state index contributed by atoms with van der Waals surface area (Å²) in [5.74, 6) is 0.0347. The molecule has 0 spiro atoms. The zero-order valence-electron chi connectivity index (χ0n) is 6.31. The molecule has 0 aromatic rings. The first-order chi connectivity index (χ1) is 5.06. The highest BCUT2D eigenvalue weighted by Crippen LogP contribution is 2.08. The standard InChI is InChI=1S/C8H10F2O/c1-4-7(5-6(2)3)11-8(9)10/h4-5,8H,1-2H2,3H3/b7-5+. The number of allylic oxidation sites excluding steroid dienone is 3. The second-order valence-corrected chi connectivity index (χ2v) is 1.98. The van der Waals surface area contributed by atoms with E-state index in [2.05, 4.69) is 17.9 Å². The molecular weight excluding hydrogens is 150 g/mol. The van der Waals surface area contributed by atoms with Crippen LogP contribution in [0.15, 0.2) is 36.6 Å². The van der Waals surface area contributed by atoms with Crippen LogP contribution in [0.4, 0.5) is 8.78 Å². The van der Waals surface area contributed by atoms with Gasteiger partial charge in [-0.05, 0) is 19.1 Å². The average molecular weight is 160 g/mol. The topological polar surface area (TPSA) is 9.23 Å². The average Bonchev–Trinajstić information content (AvgIpc) is 1.84. The van der Waals surface area contributed by atoms with E-state index in [0.29, 0.717) is 5.57 Å². The van der Waals surface area contributed by atoms with E-state index in [9.17, 15) is 8.78 Å². The summed E-state index contributed by atoms with van der Waals surface area (Å²) >= 11 is 0. The van der Waals surface area contributed by atoms with Gasteiger partial charge in [0.25, 0.3) is 0 Å². The molecule has 0 aliphatic carbocycles. The van der Waals surface area contributed by atoms with Crippen LogP contribution >= 0.6 is 0 Å². The monoisotopic (exact) mass is 160 g/mol. The van der Waals surface area contributed by atoms with E-state index in [0.717, 1.165) is 0 Å². The Morgan fingerprint density at radius 1 is 1.55 bits per heavy atom. The van der Waals surface area contributed by atoms with Gasteiger partial charge in [0.15, 0.2) is 0 Å². The highest BCUT2D eigenvalue weighted by Gasteiger charge is 2.02. The molecule has 0 saturated carbocycles. The molecule has 0 aromatic carbocycles. The van der Waals surface area contributed by atoms with Gasteiger partial charge in [0.1, 0.15) is 5.76 Å². The van der Waals surface area contributed by atoms with Crippen LogP contribution in [0.3, 0.4) is 0 Å². The van der Waals surface area contributed by atoms with Crippen molar-refractivity contribution >= 4 is 0 Å². The summed E-state index contributed by atoms with van der Waals surface area (Å²) in [7, 11) is 0. The summed E-state index contributed by atoms with van der Waals surface area (Å²) < 4.78 is 27.2. The van der Waals surface area contributed by atoms with Crippen LogP contribution in [-0.4, -0.2) is 6.61 Å². The number of hydrogen-bond donors (Lipinski definition) is 0. The molecule has 0 aromatic heterocycles. The van der Waals surface area contributed by atoms with E-state index in [4.69, 9.17) is 0 Å². The Morgan fingerprint density at radius 3 is 2.36 bits per heavy atom. The van der Waals surface area contributed by atoms with Crippen LogP contribution in [-0.2, 0) is 4.74 Å². The Morgan fingerprint density at radius 2 is 2.09 bits per heavy atom. The Labute approximate surface area is 64.7 Å². The molecule has 0 atom stereocenters. The second kappa shape index (κ2) is 4.66. The summed E-state index contributed by atoms with van der Waals surface area (Å²) in [4.78, 5) is 0. The van der Waals surface area contributed by atoms with Gasteiger partial charge in [0.2, 0.25) is 0 Å². The van der Waals surface area contributed by atoms with E-state index >= 15 is 0 Å². The fraction of sp³-hybridized carbons (Fsp3) is 0.250. The van der Waals surface area contributed by atoms with Gasteiger partial charge in [-0.25, -0.2) is 0 Å². The van der Waals surface area contributed by atoms with Gasteiger partial charge in [-0.15, -0.1) is 0 Å². The van der Waals surface area contributed by atoms with E-state index in [1.54, 1.807) is 6.92 Å². The lowest BCUT2D eigenvalue weighted by atomic mass is 10.3. The van der Waals surface area contributed by atoms with Gasteiger partial charge < -0.3 is 4.74 Å². The lowest BCUT2D eigenvalue weighted by Crippen LogP contribution is -1.96. The lowest BCUT2D eigenvalue weighted by molar-refractivity contribution is -0.0920. The predicted molar refractivity (Wildman–Crippen MR) is 40.2 cm³/mol. The SMILES string of the molecule is C=C/C(=C\C(=C)C)OC(F)F. The summed E-state index contributed by atoms with van der Waals surface area (Å²) in [6.45, 7) is 5.67. The Hall–Kier alpha value is -1.12. The summed E-state index contributed by atoms with van der Waals surface area (Å²) in [6, 6.07) is 0. The van der Waals surface area contributed by atoms with Gasteiger partial charge in [-0.1, -0.05) is 18.7 Å². The first-order valence-corrected chi connectivity index (χ1v) is 3.00. The second-order valence-electron chi connectivity index (χ2n) is 1.98. The van der Waals surface area contributed by atoms with Crippen LogP contribution in [0.1, 0.15) is 6.92 Å². The first kappa shape index (κ1) is 9.88. The Bertz CT molecular complexity index is 183. The maximum Gasteiger partial charge on any atom is 0.387 e. The first-order valence-electron chi connectivity index (χ1n) is 3.00. The molecule has 0 aliphatic heterocycles. The summed E-state index contributed by atoms with van der Waals surface area (Å²) in [5.41, 5.74) is 0.639. The minimum absolute atomic E-state index is 0.0347. The molecule has 0 unspecified atom stereocenters. The van der Waals surface area contributed by atoms with Gasteiger partial charge in [-0.2, -0.15) is 8.78 Å².